The van der Waals surface area contributed by atoms with Crippen LogP contribution in [-0.4, -0.2) is 71.2 Å². The number of halogens is 6. The Kier molecular flexibility index (Phi) is 6.92. The summed E-state index contributed by atoms with van der Waals surface area (Å²) in [4.78, 5) is 14.0. The number of ether oxygens (including phenoxy) is 1. The number of rotatable bonds is 8. The van der Waals surface area contributed by atoms with Crippen molar-refractivity contribution < 1.29 is 31.1 Å². The Morgan fingerprint density at radius 3 is 2.25 bits per heavy atom. The van der Waals surface area contributed by atoms with E-state index in [-0.39, 0.29) is 19.1 Å². The first-order valence-corrected chi connectivity index (χ1v) is 9.85. The number of hydrogen-bond acceptors (Lipinski definition) is 6. The van der Waals surface area contributed by atoms with E-state index in [0.29, 0.717) is 17.0 Å². The third-order valence-electron chi connectivity index (χ3n) is 3.44. The molecule has 0 aliphatic heterocycles. The van der Waals surface area contributed by atoms with Crippen LogP contribution in [0.3, 0.4) is 0 Å². The van der Waals surface area contributed by atoms with Crippen LogP contribution in [0, 0.1) is 0 Å². The van der Waals surface area contributed by atoms with E-state index >= 15 is 0 Å². The molecule has 158 valence electrons. The minimum Gasteiger partial charge on any atom is -0.375 e. The zero-order valence-electron chi connectivity index (χ0n) is 15.0. The molecule has 0 atom stereocenters. The van der Waals surface area contributed by atoms with E-state index in [0.717, 1.165) is 0 Å². The van der Waals surface area contributed by atoms with Crippen molar-refractivity contribution in [2.75, 3.05) is 50.0 Å². The van der Waals surface area contributed by atoms with Crippen LogP contribution in [0.4, 0.5) is 38.1 Å². The zero-order valence-corrected chi connectivity index (χ0v) is 15.9. The summed E-state index contributed by atoms with van der Waals surface area (Å²) in [5.41, 5.74) is 6.54. The second kappa shape index (κ2) is 8.64. The Bertz CT molecular complexity index is 777. The third-order valence-corrected chi connectivity index (χ3v) is 5.60. The molecule has 0 aliphatic carbocycles. The van der Waals surface area contributed by atoms with E-state index in [9.17, 15) is 26.3 Å². The molecule has 0 saturated heterocycles. The number of anilines is 2. The Balaban J connectivity index is 2.00. The fraction of sp³-hybridized carbons (Fsp3) is 0.643. The van der Waals surface area contributed by atoms with E-state index in [1.54, 1.807) is 23.6 Å². The van der Waals surface area contributed by atoms with Crippen LogP contribution < -0.4 is 10.6 Å². The quantitative estimate of drug-likeness (QED) is 0.392. The van der Waals surface area contributed by atoms with Gasteiger partial charge in [0.1, 0.15) is 0 Å². The van der Waals surface area contributed by atoms with Gasteiger partial charge in [-0.2, -0.15) is 36.3 Å². The first-order valence-electron chi connectivity index (χ1n) is 7.95. The van der Waals surface area contributed by atoms with E-state index in [2.05, 4.69) is 15.0 Å². The Morgan fingerprint density at radius 2 is 1.71 bits per heavy atom. The maximum Gasteiger partial charge on any atom is 0.392 e. The van der Waals surface area contributed by atoms with E-state index < -0.39 is 38.9 Å². The van der Waals surface area contributed by atoms with Gasteiger partial charge in [0.15, 0.2) is 17.0 Å². The second-order valence-corrected chi connectivity index (χ2v) is 8.40. The maximum atomic E-state index is 12.5. The van der Waals surface area contributed by atoms with Crippen molar-refractivity contribution in [2.24, 2.45) is 0 Å². The van der Waals surface area contributed by atoms with Crippen LogP contribution >= 0.6 is 7.92 Å². The molecule has 2 N–H and O–H groups in total. The minimum absolute atomic E-state index is 0.0118. The first-order chi connectivity index (χ1) is 12.9. The lowest BCUT2D eigenvalue weighted by Gasteiger charge is -2.20. The maximum absolute atomic E-state index is 12.5. The average Bonchev–Trinajstić information content (AvgIpc) is 2.90. The molecule has 14 heteroatoms. The van der Waals surface area contributed by atoms with Crippen molar-refractivity contribution in [3.63, 3.8) is 0 Å². The van der Waals surface area contributed by atoms with Crippen LogP contribution in [0.1, 0.15) is 0 Å². The van der Waals surface area contributed by atoms with Crippen LogP contribution in [0.2, 0.25) is 0 Å². The van der Waals surface area contributed by atoms with Crippen molar-refractivity contribution in [3.05, 3.63) is 6.33 Å². The van der Waals surface area contributed by atoms with Gasteiger partial charge < -0.3 is 19.9 Å². The van der Waals surface area contributed by atoms with Crippen molar-refractivity contribution >= 4 is 30.9 Å². The predicted molar refractivity (Wildman–Crippen MR) is 93.6 cm³/mol. The number of hydrogen-bond donors (Lipinski definition) is 1. The summed E-state index contributed by atoms with van der Waals surface area (Å²) in [6.45, 7) is 0.0439. The molecule has 0 fully saturated rings. The van der Waals surface area contributed by atoms with Crippen molar-refractivity contribution in [1.29, 1.82) is 0 Å². The van der Waals surface area contributed by atoms with Gasteiger partial charge in [-0.1, -0.05) is 7.92 Å². The summed E-state index contributed by atoms with van der Waals surface area (Å²) in [5.74, 6) is 0.499. The molecule has 2 heterocycles. The molecule has 0 unspecified atom stereocenters. The molecule has 0 amide bonds. The molecule has 0 radical (unpaired) electrons. The zero-order chi connectivity index (χ0) is 21.1. The Morgan fingerprint density at radius 1 is 1.11 bits per heavy atom. The monoisotopic (exact) mass is 432 g/mol. The summed E-state index contributed by atoms with van der Waals surface area (Å²) < 4.78 is 81.5. The SMILES string of the molecule is CN(C)c1nc(N)nc2c1ncn2CCOCP(CC(F)(F)F)CC(F)(F)F. The van der Waals surface area contributed by atoms with Crippen molar-refractivity contribution in [3.8, 4) is 0 Å². The van der Waals surface area contributed by atoms with Gasteiger partial charge in [0.2, 0.25) is 5.95 Å². The molecule has 2 aromatic rings. The minimum atomic E-state index is -4.67. The molecule has 0 aromatic carbocycles. The summed E-state index contributed by atoms with van der Waals surface area (Å²) in [7, 11) is 1.08. The highest BCUT2D eigenvalue weighted by molar-refractivity contribution is 7.57. The highest BCUT2D eigenvalue weighted by Gasteiger charge is 2.38. The molecule has 0 aliphatic rings. The number of nitrogens with zero attached hydrogens (tertiary/aromatic N) is 5. The predicted octanol–water partition coefficient (Wildman–Crippen LogP) is 3.06. The summed E-state index contributed by atoms with van der Waals surface area (Å²) in [6, 6.07) is 0. The van der Waals surface area contributed by atoms with Gasteiger partial charge in [0, 0.05) is 20.6 Å². The number of imidazole rings is 1. The van der Waals surface area contributed by atoms with Gasteiger partial charge in [-0.05, 0) is 0 Å². The molecule has 2 rings (SSSR count). The summed E-state index contributed by atoms with van der Waals surface area (Å²) in [6.07, 6.45) is -11.5. The molecule has 0 saturated carbocycles. The summed E-state index contributed by atoms with van der Waals surface area (Å²) >= 11 is 0. The second-order valence-electron chi connectivity index (χ2n) is 6.16. The van der Waals surface area contributed by atoms with E-state index in [1.165, 1.54) is 6.33 Å². The molecular weight excluding hydrogens is 413 g/mol. The van der Waals surface area contributed by atoms with E-state index in [1.807, 2.05) is 0 Å². The topological polar surface area (TPSA) is 82.1 Å². The number of nitrogens with two attached hydrogens (primary N) is 1. The van der Waals surface area contributed by atoms with Gasteiger partial charge in [-0.25, -0.2) is 4.98 Å². The number of nitrogen functional groups attached to an aromatic ring is 1. The van der Waals surface area contributed by atoms with Gasteiger partial charge in [0.05, 0.1) is 31.6 Å². The van der Waals surface area contributed by atoms with Gasteiger partial charge in [-0.3, -0.25) is 0 Å². The fourth-order valence-electron chi connectivity index (χ4n) is 2.43. The number of fused-ring (bicyclic) bond motifs is 1. The highest BCUT2D eigenvalue weighted by atomic mass is 31.1. The third kappa shape index (κ3) is 6.62. The number of alkyl halides is 6. The fourth-order valence-corrected chi connectivity index (χ4v) is 4.13. The normalized spacial score (nSPS) is 12.9. The lowest BCUT2D eigenvalue weighted by atomic mass is 10.4. The van der Waals surface area contributed by atoms with E-state index in [4.69, 9.17) is 10.5 Å². The number of aromatic nitrogens is 4. The molecule has 7 nitrogen and oxygen atoms in total. The average molecular weight is 432 g/mol. The molecule has 2 aromatic heterocycles. The standard InChI is InChI=1S/C14H19F6N6OP/c1-25(2)10-9-11(24-12(21)23-10)26(7-22-9)3-4-27-8-28(5-13(15,16)17)6-14(18,19)20/h7H,3-6,8H2,1-2H3,(H2,21,23,24). The Labute approximate surface area is 157 Å². The van der Waals surface area contributed by atoms with Gasteiger partial charge >= 0.3 is 12.4 Å². The van der Waals surface area contributed by atoms with Gasteiger partial charge in [0.25, 0.3) is 0 Å². The van der Waals surface area contributed by atoms with Crippen molar-refractivity contribution in [1.82, 2.24) is 19.5 Å². The first kappa shape index (κ1) is 22.4. The lowest BCUT2D eigenvalue weighted by molar-refractivity contribution is -0.112. The van der Waals surface area contributed by atoms with Crippen molar-refractivity contribution in [2.45, 2.75) is 18.9 Å². The van der Waals surface area contributed by atoms with Crippen LogP contribution in [0.15, 0.2) is 6.33 Å². The lowest BCUT2D eigenvalue weighted by Crippen LogP contribution is -2.22. The van der Waals surface area contributed by atoms with Crippen LogP contribution in [0.25, 0.3) is 11.2 Å². The highest BCUT2D eigenvalue weighted by Crippen LogP contribution is 2.45. The van der Waals surface area contributed by atoms with Crippen LogP contribution in [-0.2, 0) is 11.3 Å². The molecular formula is C14H19F6N6OP. The molecule has 28 heavy (non-hydrogen) atoms. The van der Waals surface area contributed by atoms with Crippen LogP contribution in [0.5, 0.6) is 0 Å². The largest absolute Gasteiger partial charge is 0.392 e. The smallest absolute Gasteiger partial charge is 0.375 e. The molecule has 0 bridgehead atoms. The molecule has 0 spiro atoms. The van der Waals surface area contributed by atoms with Gasteiger partial charge in [-0.15, -0.1) is 0 Å². The Hall–Kier alpha value is -1.88. The summed E-state index contributed by atoms with van der Waals surface area (Å²) in [5, 5.41) is 0.